The highest BCUT2D eigenvalue weighted by Gasteiger charge is 2.15. The van der Waals surface area contributed by atoms with Crippen molar-refractivity contribution in [1.29, 1.82) is 0 Å². The van der Waals surface area contributed by atoms with Crippen molar-refractivity contribution in [2.24, 2.45) is 0 Å². The Kier molecular flexibility index (Phi) is 5.94. The predicted octanol–water partition coefficient (Wildman–Crippen LogP) is 1.95. The van der Waals surface area contributed by atoms with Crippen molar-refractivity contribution in [3.63, 3.8) is 0 Å². The molecule has 0 bridgehead atoms. The molecule has 0 aliphatic heterocycles. The largest absolute Gasteiger partial charge is 0.483 e. The average Bonchev–Trinajstić information content (AvgIpc) is 2.59. The lowest BCUT2D eigenvalue weighted by atomic mass is 10.2. The second-order valence-electron chi connectivity index (χ2n) is 5.21. The van der Waals surface area contributed by atoms with Gasteiger partial charge in [0.15, 0.2) is 6.61 Å². The lowest BCUT2D eigenvalue weighted by molar-refractivity contribution is -0.123. The summed E-state index contributed by atoms with van der Waals surface area (Å²) < 4.78 is 29.5. The fourth-order valence-electron chi connectivity index (χ4n) is 1.99. The van der Waals surface area contributed by atoms with Gasteiger partial charge >= 0.3 is 0 Å². The Labute approximate surface area is 141 Å². The van der Waals surface area contributed by atoms with Gasteiger partial charge < -0.3 is 4.74 Å². The lowest BCUT2D eigenvalue weighted by Crippen LogP contribution is -2.43. The van der Waals surface area contributed by atoms with Crippen molar-refractivity contribution in [3.8, 4) is 5.75 Å². The Balaban J connectivity index is 1.89. The first-order chi connectivity index (χ1) is 11.4. The molecule has 0 fully saturated rings. The molecule has 0 saturated carbocycles. The molecule has 0 radical (unpaired) electrons. The summed E-state index contributed by atoms with van der Waals surface area (Å²) in [4.78, 5) is 13.9. The molecule has 0 aliphatic carbocycles. The summed E-state index contributed by atoms with van der Waals surface area (Å²) in [5.74, 6) is -0.0160. The highest BCUT2D eigenvalue weighted by atomic mass is 32.2. The maximum atomic E-state index is 12.1. The fourth-order valence-corrected chi connectivity index (χ4v) is 2.85. The van der Waals surface area contributed by atoms with Crippen LogP contribution in [0.4, 0.5) is 0 Å². The number of para-hydroxylation sites is 1. The number of hydrazine groups is 1. The number of sulfonamides is 1. The minimum atomic E-state index is -3.81. The molecule has 0 heterocycles. The minimum Gasteiger partial charge on any atom is -0.483 e. The number of carbonyl (C=O) groups is 1. The second-order valence-corrected chi connectivity index (χ2v) is 6.89. The van der Waals surface area contributed by atoms with Crippen molar-refractivity contribution >= 4 is 15.9 Å². The molecule has 128 valence electrons. The predicted molar refractivity (Wildman–Crippen MR) is 91.0 cm³/mol. The molecule has 0 atom stereocenters. The van der Waals surface area contributed by atoms with E-state index in [9.17, 15) is 13.2 Å². The number of rotatable bonds is 7. The minimum absolute atomic E-state index is 0.0832. The average molecular weight is 348 g/mol. The number of ether oxygens (including phenoxy) is 1. The van der Waals surface area contributed by atoms with Crippen LogP contribution in [0.5, 0.6) is 5.75 Å². The topological polar surface area (TPSA) is 84.5 Å². The van der Waals surface area contributed by atoms with Crippen molar-refractivity contribution in [1.82, 2.24) is 10.3 Å². The van der Waals surface area contributed by atoms with Gasteiger partial charge in [-0.3, -0.25) is 10.2 Å². The van der Waals surface area contributed by atoms with Crippen LogP contribution in [0.2, 0.25) is 0 Å². The summed E-state index contributed by atoms with van der Waals surface area (Å²) in [6.45, 7) is 3.55. The summed E-state index contributed by atoms with van der Waals surface area (Å²) in [5, 5.41) is 0. The van der Waals surface area contributed by atoms with Gasteiger partial charge in [0.25, 0.3) is 15.9 Å². The van der Waals surface area contributed by atoms with Crippen molar-refractivity contribution in [2.45, 2.75) is 25.2 Å². The van der Waals surface area contributed by atoms with Crippen molar-refractivity contribution < 1.29 is 17.9 Å². The smallest absolute Gasteiger partial charge is 0.272 e. The Bertz CT molecular complexity index is 802. The molecular weight excluding hydrogens is 328 g/mol. The summed E-state index contributed by atoms with van der Waals surface area (Å²) in [5.41, 5.74) is 4.06. The van der Waals surface area contributed by atoms with Gasteiger partial charge in [0, 0.05) is 0 Å². The number of hydrogen-bond donors (Lipinski definition) is 2. The van der Waals surface area contributed by atoms with Crippen LogP contribution in [0.15, 0.2) is 53.4 Å². The highest BCUT2D eigenvalue weighted by molar-refractivity contribution is 7.89. The molecule has 1 amide bonds. The van der Waals surface area contributed by atoms with Crippen molar-refractivity contribution in [2.75, 3.05) is 6.61 Å². The molecule has 6 nitrogen and oxygen atoms in total. The van der Waals surface area contributed by atoms with Gasteiger partial charge in [-0.25, -0.2) is 8.42 Å². The number of benzene rings is 2. The van der Waals surface area contributed by atoms with E-state index >= 15 is 0 Å². The van der Waals surface area contributed by atoms with Gasteiger partial charge in [-0.1, -0.05) is 37.3 Å². The fraction of sp³-hybridized carbons (Fsp3) is 0.235. The highest BCUT2D eigenvalue weighted by Crippen LogP contribution is 2.15. The van der Waals surface area contributed by atoms with E-state index in [1.165, 1.54) is 12.1 Å². The van der Waals surface area contributed by atoms with Crippen LogP contribution in [0.25, 0.3) is 0 Å². The van der Waals surface area contributed by atoms with Gasteiger partial charge in [0.1, 0.15) is 5.75 Å². The first-order valence-electron chi connectivity index (χ1n) is 7.50. The maximum absolute atomic E-state index is 12.1. The number of aryl methyl sites for hydroxylation is 2. The SMILES string of the molecule is CCc1ccc(S(=O)(=O)NNC(=O)COc2ccccc2C)cc1. The van der Waals surface area contributed by atoms with Crippen LogP contribution >= 0.6 is 0 Å². The van der Waals surface area contributed by atoms with E-state index in [1.54, 1.807) is 24.3 Å². The van der Waals surface area contributed by atoms with E-state index in [1.807, 2.05) is 26.0 Å². The van der Waals surface area contributed by atoms with Gasteiger partial charge in [-0.2, -0.15) is 0 Å². The van der Waals surface area contributed by atoms with Gasteiger partial charge in [0.2, 0.25) is 0 Å². The molecule has 24 heavy (non-hydrogen) atoms. The standard InChI is InChI=1S/C17H20N2O4S/c1-3-14-8-10-15(11-9-14)24(21,22)19-18-17(20)12-23-16-7-5-4-6-13(16)2/h4-11,19H,3,12H2,1-2H3,(H,18,20). The Morgan fingerprint density at radius 3 is 2.38 bits per heavy atom. The van der Waals surface area contributed by atoms with Crippen LogP contribution in [0.3, 0.4) is 0 Å². The number of amides is 1. The van der Waals surface area contributed by atoms with E-state index in [4.69, 9.17) is 4.74 Å². The molecule has 7 heteroatoms. The van der Waals surface area contributed by atoms with Gasteiger partial charge in [-0.05, 0) is 42.7 Å². The zero-order chi connectivity index (χ0) is 17.6. The molecule has 0 aromatic heterocycles. The van der Waals surface area contributed by atoms with Gasteiger partial charge in [-0.15, -0.1) is 4.83 Å². The Morgan fingerprint density at radius 1 is 1.08 bits per heavy atom. The van der Waals surface area contributed by atoms with E-state index in [2.05, 4.69) is 10.3 Å². The third-order valence-electron chi connectivity index (χ3n) is 3.42. The maximum Gasteiger partial charge on any atom is 0.272 e. The third kappa shape index (κ3) is 4.81. The molecule has 2 N–H and O–H groups in total. The zero-order valence-electron chi connectivity index (χ0n) is 13.6. The quantitative estimate of drug-likeness (QED) is 0.749. The molecular formula is C17H20N2O4S. The molecule has 2 aromatic rings. The molecule has 2 rings (SSSR count). The van der Waals surface area contributed by atoms with E-state index in [0.717, 1.165) is 17.5 Å². The van der Waals surface area contributed by atoms with E-state index in [-0.39, 0.29) is 11.5 Å². The van der Waals surface area contributed by atoms with Gasteiger partial charge in [0.05, 0.1) is 4.90 Å². The molecule has 0 spiro atoms. The number of carbonyl (C=O) groups excluding carboxylic acids is 1. The first-order valence-corrected chi connectivity index (χ1v) is 8.98. The summed E-state index contributed by atoms with van der Waals surface area (Å²) in [6, 6.07) is 13.7. The Morgan fingerprint density at radius 2 is 1.75 bits per heavy atom. The molecule has 0 unspecified atom stereocenters. The second kappa shape index (κ2) is 7.94. The Hall–Kier alpha value is -2.38. The van der Waals surface area contributed by atoms with Crippen LogP contribution in [0.1, 0.15) is 18.1 Å². The molecule has 0 saturated heterocycles. The normalized spacial score (nSPS) is 11.1. The number of hydrogen-bond acceptors (Lipinski definition) is 4. The van der Waals surface area contributed by atoms with E-state index in [0.29, 0.717) is 5.75 Å². The van der Waals surface area contributed by atoms with Crippen LogP contribution in [0, 0.1) is 6.92 Å². The van der Waals surface area contributed by atoms with Crippen molar-refractivity contribution in [3.05, 3.63) is 59.7 Å². The monoisotopic (exact) mass is 348 g/mol. The third-order valence-corrected chi connectivity index (χ3v) is 4.68. The van der Waals surface area contributed by atoms with Crippen LogP contribution in [-0.4, -0.2) is 20.9 Å². The lowest BCUT2D eigenvalue weighted by Gasteiger charge is -2.11. The molecule has 2 aromatic carbocycles. The summed E-state index contributed by atoms with van der Waals surface area (Å²) >= 11 is 0. The van der Waals surface area contributed by atoms with E-state index < -0.39 is 15.9 Å². The van der Waals surface area contributed by atoms with Crippen LogP contribution < -0.4 is 15.0 Å². The number of nitrogens with one attached hydrogen (secondary N) is 2. The van der Waals surface area contributed by atoms with Crippen LogP contribution in [-0.2, 0) is 21.2 Å². The summed E-state index contributed by atoms with van der Waals surface area (Å²) in [7, 11) is -3.81. The zero-order valence-corrected chi connectivity index (χ0v) is 14.4. The summed E-state index contributed by atoms with van der Waals surface area (Å²) in [6.07, 6.45) is 0.820. The first kappa shape index (κ1) is 18.0. The molecule has 0 aliphatic rings.